The summed E-state index contributed by atoms with van der Waals surface area (Å²) in [6, 6.07) is 11.4. The Balaban J connectivity index is 1.29. The summed E-state index contributed by atoms with van der Waals surface area (Å²) in [5.41, 5.74) is 2.38. The third-order valence-electron chi connectivity index (χ3n) is 7.68. The molecular formula is C24H22F4N4O3S. The number of alkyl halides is 3. The van der Waals surface area contributed by atoms with Crippen LogP contribution in [0.15, 0.2) is 46.9 Å². The van der Waals surface area contributed by atoms with Crippen LogP contribution in [0.4, 0.5) is 17.6 Å². The average Bonchev–Trinajstić information content (AvgIpc) is 3.43. The van der Waals surface area contributed by atoms with Crippen molar-refractivity contribution >= 4 is 10.2 Å². The van der Waals surface area contributed by atoms with Gasteiger partial charge in [0.25, 0.3) is 10.2 Å². The van der Waals surface area contributed by atoms with E-state index in [1.54, 1.807) is 12.1 Å². The Hall–Kier alpha value is -2.83. The third kappa shape index (κ3) is 4.00. The van der Waals surface area contributed by atoms with Crippen LogP contribution >= 0.6 is 0 Å². The first-order valence-electron chi connectivity index (χ1n) is 11.6. The van der Waals surface area contributed by atoms with E-state index in [0.29, 0.717) is 34.2 Å². The Morgan fingerprint density at radius 1 is 0.972 bits per heavy atom. The first-order chi connectivity index (χ1) is 17.0. The minimum atomic E-state index is -4.61. The van der Waals surface area contributed by atoms with Crippen LogP contribution in [0.2, 0.25) is 0 Å². The van der Waals surface area contributed by atoms with Crippen molar-refractivity contribution in [1.29, 1.82) is 0 Å². The number of fused-ring (bicyclic) bond motifs is 1. The van der Waals surface area contributed by atoms with Gasteiger partial charge in [-0.2, -0.15) is 30.6 Å². The van der Waals surface area contributed by atoms with Gasteiger partial charge in [-0.05, 0) is 85.0 Å². The molecule has 36 heavy (non-hydrogen) atoms. The molecule has 0 amide bonds. The molecule has 1 saturated heterocycles. The quantitative estimate of drug-likeness (QED) is 0.523. The molecule has 12 heteroatoms. The van der Waals surface area contributed by atoms with Gasteiger partial charge in [0.15, 0.2) is 0 Å². The van der Waals surface area contributed by atoms with Gasteiger partial charge in [0.1, 0.15) is 12.4 Å². The fourth-order valence-corrected chi connectivity index (χ4v) is 7.73. The molecule has 1 aromatic heterocycles. The van der Waals surface area contributed by atoms with Gasteiger partial charge in [0, 0.05) is 17.7 Å². The smallest absolute Gasteiger partial charge is 0.402 e. The van der Waals surface area contributed by atoms with Crippen LogP contribution in [0.3, 0.4) is 0 Å². The van der Waals surface area contributed by atoms with Crippen molar-refractivity contribution in [3.63, 3.8) is 0 Å². The minimum Gasteiger partial charge on any atom is -0.416 e. The fourth-order valence-electron chi connectivity index (χ4n) is 6.03. The first kappa shape index (κ1) is 23.6. The van der Waals surface area contributed by atoms with Crippen molar-refractivity contribution in [3.8, 4) is 22.9 Å². The Kier molecular flexibility index (Phi) is 5.29. The van der Waals surface area contributed by atoms with Crippen LogP contribution in [-0.2, 0) is 23.1 Å². The van der Waals surface area contributed by atoms with E-state index < -0.39 is 28.5 Å². The Labute approximate surface area is 204 Å². The summed E-state index contributed by atoms with van der Waals surface area (Å²) in [7, 11) is -4.23. The van der Waals surface area contributed by atoms with Crippen LogP contribution in [-0.4, -0.2) is 47.7 Å². The number of nitrogens with one attached hydrogen (secondary N) is 1. The maximum absolute atomic E-state index is 13.2. The highest BCUT2D eigenvalue weighted by molar-refractivity contribution is 7.87. The molecule has 2 fully saturated rings. The summed E-state index contributed by atoms with van der Waals surface area (Å²) in [6.45, 7) is -1.68. The van der Waals surface area contributed by atoms with Gasteiger partial charge in [-0.25, -0.2) is 4.39 Å². The highest BCUT2D eigenvalue weighted by Crippen LogP contribution is 2.50. The van der Waals surface area contributed by atoms with Crippen molar-refractivity contribution in [2.75, 3.05) is 13.1 Å². The summed E-state index contributed by atoms with van der Waals surface area (Å²) < 4.78 is 86.8. The molecule has 3 atom stereocenters. The molecule has 1 N–H and O–H groups in total. The van der Waals surface area contributed by atoms with Crippen LogP contribution < -0.4 is 4.72 Å². The number of halogens is 4. The summed E-state index contributed by atoms with van der Waals surface area (Å²) in [5, 5.41) is 8.18. The van der Waals surface area contributed by atoms with E-state index >= 15 is 0 Å². The highest BCUT2D eigenvalue weighted by Gasteiger charge is 2.60. The predicted octanol–water partition coefficient (Wildman–Crippen LogP) is 4.12. The van der Waals surface area contributed by atoms with Gasteiger partial charge >= 0.3 is 6.18 Å². The van der Waals surface area contributed by atoms with Crippen molar-refractivity contribution in [2.45, 2.75) is 37.4 Å². The molecule has 2 aromatic carbocycles. The second kappa shape index (κ2) is 8.09. The molecule has 0 unspecified atom stereocenters. The van der Waals surface area contributed by atoms with E-state index in [1.165, 1.54) is 12.1 Å². The van der Waals surface area contributed by atoms with Gasteiger partial charge in [-0.1, -0.05) is 6.07 Å². The van der Waals surface area contributed by atoms with Gasteiger partial charge < -0.3 is 4.42 Å². The standard InChI is InChI=1S/C24H22F4N4O3S/c25-20-7-3-14(4-8-20)21-29-30-22(35-21)16-2-1-15-10-18-5-6-19(11-17(15)9-16)23(18)12-32(13-24(26,27)28)36(33,34)31-23/h1-4,7-9,18-19,31H,5-6,10-13H2/t18-,19+,23+/m0/s1. The second-order valence-corrected chi connectivity index (χ2v) is 11.5. The molecule has 7 nitrogen and oxygen atoms in total. The third-order valence-corrected chi connectivity index (χ3v) is 9.25. The van der Waals surface area contributed by atoms with E-state index in [2.05, 4.69) is 14.9 Å². The molecule has 3 aromatic rings. The summed E-state index contributed by atoms with van der Waals surface area (Å²) in [4.78, 5) is 0. The molecule has 2 bridgehead atoms. The topological polar surface area (TPSA) is 88.3 Å². The van der Waals surface area contributed by atoms with Gasteiger partial charge in [0.05, 0.1) is 5.54 Å². The molecule has 1 aliphatic heterocycles. The van der Waals surface area contributed by atoms with E-state index in [0.717, 1.165) is 24.0 Å². The number of hydrogen-bond donors (Lipinski definition) is 1. The minimum absolute atomic E-state index is 0.101. The largest absolute Gasteiger partial charge is 0.416 e. The van der Waals surface area contributed by atoms with Crippen molar-refractivity contribution in [2.24, 2.45) is 11.8 Å². The molecule has 190 valence electrons. The molecule has 2 aliphatic carbocycles. The SMILES string of the molecule is O=S1(=O)N[C@@]2(CN1CC(F)(F)F)[C@@H]1CC[C@H]2Cc2ccc(-c3nnc(-c4ccc(F)cc4)o3)cc2C1. The maximum Gasteiger partial charge on any atom is 0.402 e. The predicted molar refractivity (Wildman–Crippen MR) is 121 cm³/mol. The van der Waals surface area contributed by atoms with Crippen LogP contribution in [0, 0.1) is 17.7 Å². The normalized spacial score (nSPS) is 27.3. The van der Waals surface area contributed by atoms with Crippen LogP contribution in [0.5, 0.6) is 0 Å². The lowest BCUT2D eigenvalue weighted by molar-refractivity contribution is -0.136. The lowest BCUT2D eigenvalue weighted by atomic mass is 9.79. The maximum atomic E-state index is 13.2. The van der Waals surface area contributed by atoms with Gasteiger partial charge in [0.2, 0.25) is 11.8 Å². The zero-order chi connectivity index (χ0) is 25.3. The molecule has 1 spiro atoms. The van der Waals surface area contributed by atoms with Crippen LogP contribution in [0.1, 0.15) is 24.0 Å². The van der Waals surface area contributed by atoms with E-state index in [-0.39, 0.29) is 30.1 Å². The van der Waals surface area contributed by atoms with Crippen molar-refractivity contribution in [1.82, 2.24) is 19.2 Å². The van der Waals surface area contributed by atoms with Crippen LogP contribution in [0.25, 0.3) is 22.9 Å². The second-order valence-electron chi connectivity index (χ2n) is 9.81. The van der Waals surface area contributed by atoms with E-state index in [4.69, 9.17) is 4.42 Å². The monoisotopic (exact) mass is 522 g/mol. The Morgan fingerprint density at radius 2 is 1.58 bits per heavy atom. The summed E-state index contributed by atoms with van der Waals surface area (Å²) in [6.07, 6.45) is -2.04. The zero-order valence-electron chi connectivity index (χ0n) is 18.9. The fraction of sp³-hybridized carbons (Fsp3) is 0.417. The van der Waals surface area contributed by atoms with E-state index in [9.17, 15) is 26.0 Å². The Bertz CT molecular complexity index is 1420. The molecular weight excluding hydrogens is 500 g/mol. The molecule has 3 aliphatic rings. The zero-order valence-corrected chi connectivity index (χ0v) is 19.7. The summed E-state index contributed by atoms with van der Waals surface area (Å²) in [5.74, 6) is -0.0646. The molecule has 1 saturated carbocycles. The Morgan fingerprint density at radius 3 is 2.25 bits per heavy atom. The van der Waals surface area contributed by atoms with Crippen molar-refractivity contribution < 1.29 is 30.4 Å². The number of aromatic nitrogens is 2. The number of rotatable bonds is 3. The molecule has 6 rings (SSSR count). The molecule has 0 radical (unpaired) electrons. The van der Waals surface area contributed by atoms with Gasteiger partial charge in [-0.3, -0.25) is 0 Å². The summed E-state index contributed by atoms with van der Waals surface area (Å²) >= 11 is 0. The number of benzene rings is 2. The molecule has 2 heterocycles. The average molecular weight is 523 g/mol. The van der Waals surface area contributed by atoms with Crippen molar-refractivity contribution in [3.05, 3.63) is 59.4 Å². The lowest BCUT2D eigenvalue weighted by Crippen LogP contribution is -2.52. The van der Waals surface area contributed by atoms with Gasteiger partial charge in [-0.15, -0.1) is 10.2 Å². The number of nitrogens with zero attached hydrogens (tertiary/aromatic N) is 3. The lowest BCUT2D eigenvalue weighted by Gasteiger charge is -2.33. The first-order valence-corrected chi connectivity index (χ1v) is 13.0. The highest BCUT2D eigenvalue weighted by atomic mass is 32.2. The van der Waals surface area contributed by atoms with E-state index in [1.807, 2.05) is 18.2 Å². The number of hydrogen-bond acceptors (Lipinski definition) is 5.